The highest BCUT2D eigenvalue weighted by Crippen LogP contribution is 2.35. The molecule has 0 unspecified atom stereocenters. The van der Waals surface area contributed by atoms with Gasteiger partial charge in [-0.2, -0.15) is 0 Å². The van der Waals surface area contributed by atoms with Crippen LogP contribution in [-0.2, 0) is 13.1 Å². The second kappa shape index (κ2) is 7.46. The normalized spacial score (nSPS) is 26.5. The molecule has 1 N–H and O–H groups in total. The van der Waals surface area contributed by atoms with Gasteiger partial charge in [0.05, 0.1) is 25.2 Å². The molecule has 2 aromatic rings. The van der Waals surface area contributed by atoms with Gasteiger partial charge in [-0.3, -0.25) is 14.5 Å². The first-order valence-electron chi connectivity index (χ1n) is 10.5. The fourth-order valence-electron chi connectivity index (χ4n) is 5.43. The number of aromatic nitrogens is 1. The van der Waals surface area contributed by atoms with Crippen LogP contribution in [0.1, 0.15) is 46.8 Å². The number of rotatable bonds is 4. The molecule has 3 atom stereocenters. The minimum Gasteiger partial charge on any atom is -0.472 e. The Morgan fingerprint density at radius 2 is 2.10 bits per heavy atom. The average Bonchev–Trinajstić information content (AvgIpc) is 3.40. The molecule has 2 fully saturated rings. The molecule has 0 saturated carbocycles. The van der Waals surface area contributed by atoms with Gasteiger partial charge in [0.2, 0.25) is 0 Å². The number of pyridine rings is 1. The van der Waals surface area contributed by atoms with Crippen LogP contribution in [-0.4, -0.2) is 57.7 Å². The van der Waals surface area contributed by atoms with Crippen LogP contribution < -0.4 is 5.56 Å². The van der Waals surface area contributed by atoms with E-state index in [0.29, 0.717) is 24.9 Å². The largest absolute Gasteiger partial charge is 0.472 e. The van der Waals surface area contributed by atoms with Gasteiger partial charge in [0.25, 0.3) is 11.5 Å². The van der Waals surface area contributed by atoms with Crippen LogP contribution in [0.4, 0.5) is 0 Å². The Bertz CT molecular complexity index is 951. The molecule has 0 radical (unpaired) electrons. The maximum Gasteiger partial charge on any atom is 0.263 e. The zero-order chi connectivity index (χ0) is 20.0. The first-order valence-corrected chi connectivity index (χ1v) is 10.5. The van der Waals surface area contributed by atoms with E-state index in [-0.39, 0.29) is 29.7 Å². The van der Waals surface area contributed by atoms with E-state index in [9.17, 15) is 14.7 Å². The van der Waals surface area contributed by atoms with E-state index in [2.05, 4.69) is 4.90 Å². The van der Waals surface area contributed by atoms with Gasteiger partial charge in [0, 0.05) is 49.9 Å². The maximum atomic E-state index is 13.2. The summed E-state index contributed by atoms with van der Waals surface area (Å²) in [7, 11) is 0. The summed E-state index contributed by atoms with van der Waals surface area (Å²) in [5, 5.41) is 9.53. The summed E-state index contributed by atoms with van der Waals surface area (Å²) in [6, 6.07) is 5.51. The van der Waals surface area contributed by atoms with Crippen molar-refractivity contribution >= 4 is 5.91 Å². The van der Waals surface area contributed by atoms with Gasteiger partial charge in [-0.05, 0) is 43.4 Å². The number of hydrogen-bond donors (Lipinski definition) is 1. The highest BCUT2D eigenvalue weighted by molar-refractivity contribution is 5.94. The van der Waals surface area contributed by atoms with Crippen molar-refractivity contribution in [3.05, 3.63) is 57.9 Å². The quantitative estimate of drug-likeness (QED) is 0.849. The van der Waals surface area contributed by atoms with Gasteiger partial charge in [-0.15, -0.1) is 0 Å². The smallest absolute Gasteiger partial charge is 0.263 e. The van der Waals surface area contributed by atoms with E-state index < -0.39 is 0 Å². The maximum absolute atomic E-state index is 13.2. The Labute approximate surface area is 169 Å². The molecule has 3 aliphatic rings. The number of aliphatic hydroxyl groups excluding tert-OH is 1. The van der Waals surface area contributed by atoms with Crippen molar-refractivity contribution in [2.75, 3.05) is 26.2 Å². The fraction of sp³-hybridized carbons (Fsp3) is 0.545. The van der Waals surface area contributed by atoms with Crippen LogP contribution in [0.15, 0.2) is 39.9 Å². The zero-order valence-corrected chi connectivity index (χ0v) is 16.5. The van der Waals surface area contributed by atoms with Crippen LogP contribution in [0.3, 0.4) is 0 Å². The number of piperidine rings is 1. The SMILES string of the molecule is O=C(c1ccc2n(c1=O)C[C@H]1C[C@@H]2CN(Cc2ccoc2)C1)N1CCC[C@H]1CO. The standard InChI is InChI=1S/C22H27N3O4/c26-13-18-2-1-6-24(18)21(27)19-3-4-20-17-8-16(11-25(20)22(19)28)10-23(12-17)9-15-5-7-29-14-15/h3-5,7,14,16-18,26H,1-2,6,8-13H2/t16-,17+,18-/m0/s1. The Balaban J connectivity index is 1.40. The summed E-state index contributed by atoms with van der Waals surface area (Å²) >= 11 is 0. The highest BCUT2D eigenvalue weighted by atomic mass is 16.3. The molecule has 0 spiro atoms. The lowest BCUT2D eigenvalue weighted by Gasteiger charge is -2.42. The number of fused-ring (bicyclic) bond motifs is 4. The van der Waals surface area contributed by atoms with E-state index in [1.54, 1.807) is 23.5 Å². The number of carbonyl (C=O) groups excluding carboxylic acids is 1. The van der Waals surface area contributed by atoms with Crippen molar-refractivity contribution < 1.29 is 14.3 Å². The molecule has 0 aromatic carbocycles. The lowest BCUT2D eigenvalue weighted by Crippen LogP contribution is -2.48. The van der Waals surface area contributed by atoms with Gasteiger partial charge in [-0.25, -0.2) is 0 Å². The van der Waals surface area contributed by atoms with Crippen LogP contribution in [0, 0.1) is 5.92 Å². The molecule has 2 aromatic heterocycles. The van der Waals surface area contributed by atoms with Crippen molar-refractivity contribution in [2.45, 2.75) is 44.3 Å². The molecule has 0 aliphatic carbocycles. The number of hydrogen-bond acceptors (Lipinski definition) is 5. The molecular weight excluding hydrogens is 370 g/mol. The third-order valence-electron chi connectivity index (χ3n) is 6.75. The molecule has 3 aliphatic heterocycles. The van der Waals surface area contributed by atoms with E-state index in [0.717, 1.165) is 44.6 Å². The molecule has 7 nitrogen and oxygen atoms in total. The highest BCUT2D eigenvalue weighted by Gasteiger charge is 2.36. The molecule has 7 heteroatoms. The number of aliphatic hydroxyl groups is 1. The van der Waals surface area contributed by atoms with Crippen molar-refractivity contribution in [3.8, 4) is 0 Å². The monoisotopic (exact) mass is 397 g/mol. The summed E-state index contributed by atoms with van der Waals surface area (Å²) in [5.74, 6) is 0.482. The number of likely N-dealkylation sites (tertiary alicyclic amines) is 2. The number of carbonyl (C=O) groups is 1. The third-order valence-corrected chi connectivity index (χ3v) is 6.75. The second-order valence-corrected chi connectivity index (χ2v) is 8.69. The van der Waals surface area contributed by atoms with E-state index >= 15 is 0 Å². The lowest BCUT2D eigenvalue weighted by atomic mass is 9.83. The predicted octanol–water partition coefficient (Wildman–Crippen LogP) is 1.66. The second-order valence-electron chi connectivity index (χ2n) is 8.69. The van der Waals surface area contributed by atoms with Crippen molar-refractivity contribution in [1.82, 2.24) is 14.4 Å². The van der Waals surface area contributed by atoms with Gasteiger partial charge >= 0.3 is 0 Å². The van der Waals surface area contributed by atoms with Crippen LogP contribution >= 0.6 is 0 Å². The van der Waals surface area contributed by atoms with Gasteiger partial charge in [0.15, 0.2) is 0 Å². The molecular formula is C22H27N3O4. The average molecular weight is 397 g/mol. The molecule has 5 rings (SSSR count). The first-order chi connectivity index (χ1) is 14.1. The van der Waals surface area contributed by atoms with Gasteiger partial charge in [0.1, 0.15) is 5.56 Å². The predicted molar refractivity (Wildman–Crippen MR) is 107 cm³/mol. The summed E-state index contributed by atoms with van der Waals surface area (Å²) in [5.41, 5.74) is 2.28. The molecule has 29 heavy (non-hydrogen) atoms. The Hall–Kier alpha value is -2.38. The molecule has 2 saturated heterocycles. The summed E-state index contributed by atoms with van der Waals surface area (Å²) in [6.45, 7) is 3.95. The van der Waals surface area contributed by atoms with Crippen molar-refractivity contribution in [2.24, 2.45) is 5.92 Å². The number of nitrogens with zero attached hydrogens (tertiary/aromatic N) is 3. The van der Waals surface area contributed by atoms with Crippen molar-refractivity contribution in [1.29, 1.82) is 0 Å². The van der Waals surface area contributed by atoms with E-state index in [1.807, 2.05) is 16.7 Å². The fourth-order valence-corrected chi connectivity index (χ4v) is 5.43. The van der Waals surface area contributed by atoms with Gasteiger partial charge < -0.3 is 19.0 Å². The van der Waals surface area contributed by atoms with Crippen LogP contribution in [0.25, 0.3) is 0 Å². The summed E-state index contributed by atoms with van der Waals surface area (Å²) in [6.07, 6.45) is 6.26. The molecule has 1 amide bonds. The Morgan fingerprint density at radius 3 is 2.90 bits per heavy atom. The molecule has 2 bridgehead atoms. The summed E-state index contributed by atoms with van der Waals surface area (Å²) in [4.78, 5) is 30.3. The van der Waals surface area contributed by atoms with Crippen LogP contribution in [0.5, 0.6) is 0 Å². The molecule has 154 valence electrons. The number of amides is 1. The van der Waals surface area contributed by atoms with E-state index in [4.69, 9.17) is 4.42 Å². The topological polar surface area (TPSA) is 78.9 Å². The third kappa shape index (κ3) is 3.32. The minimum atomic E-state index is -0.237. The molecule has 5 heterocycles. The van der Waals surface area contributed by atoms with Crippen LogP contribution in [0.2, 0.25) is 0 Å². The minimum absolute atomic E-state index is 0.0470. The Morgan fingerprint density at radius 1 is 1.21 bits per heavy atom. The lowest BCUT2D eigenvalue weighted by molar-refractivity contribution is 0.0673. The van der Waals surface area contributed by atoms with E-state index in [1.165, 1.54) is 5.56 Å². The van der Waals surface area contributed by atoms with Crippen molar-refractivity contribution in [3.63, 3.8) is 0 Å². The number of furan rings is 1. The summed E-state index contributed by atoms with van der Waals surface area (Å²) < 4.78 is 7.03. The van der Waals surface area contributed by atoms with Gasteiger partial charge in [-0.1, -0.05) is 0 Å². The Kier molecular flexibility index (Phi) is 4.80. The zero-order valence-electron chi connectivity index (χ0n) is 16.5. The first kappa shape index (κ1) is 18.6.